The summed E-state index contributed by atoms with van der Waals surface area (Å²) in [6.45, 7) is 5.53. The number of nitrogens with zero attached hydrogens (tertiary/aromatic N) is 2. The van der Waals surface area contributed by atoms with Crippen LogP contribution < -0.4 is 5.32 Å². The number of morpholine rings is 1. The zero-order valence-corrected chi connectivity index (χ0v) is 11.2. The largest absolute Gasteiger partial charge is 0.433 e. The van der Waals surface area contributed by atoms with Crippen LogP contribution in [0.5, 0.6) is 0 Å². The summed E-state index contributed by atoms with van der Waals surface area (Å²) < 4.78 is 10.1. The van der Waals surface area contributed by atoms with Gasteiger partial charge in [-0.1, -0.05) is 0 Å². The van der Waals surface area contributed by atoms with Gasteiger partial charge in [-0.15, -0.1) is 0 Å². The summed E-state index contributed by atoms with van der Waals surface area (Å²) in [5, 5.41) is 13.2. The molecule has 1 aromatic rings. The fraction of sp³-hybridized carbons (Fsp3) is 0.583. The molecule has 2 rings (SSSR count). The second-order valence-electron chi connectivity index (χ2n) is 4.60. The molecule has 110 valence electrons. The predicted octanol–water partition coefficient (Wildman–Crippen LogP) is 0.638. The first-order valence-corrected chi connectivity index (χ1v) is 6.42. The van der Waals surface area contributed by atoms with Crippen molar-refractivity contribution in [3.8, 4) is 0 Å². The Hall–Kier alpha value is -1.93. The number of amides is 1. The second kappa shape index (κ2) is 6.49. The molecule has 8 heteroatoms. The highest BCUT2D eigenvalue weighted by atomic mass is 16.6. The van der Waals surface area contributed by atoms with Gasteiger partial charge in [0.1, 0.15) is 4.92 Å². The Morgan fingerprint density at radius 1 is 1.50 bits per heavy atom. The Morgan fingerprint density at radius 3 is 2.80 bits per heavy atom. The lowest BCUT2D eigenvalue weighted by atomic mass is 10.2. The van der Waals surface area contributed by atoms with E-state index in [1.54, 1.807) is 0 Å². The number of carbonyl (C=O) groups is 1. The summed E-state index contributed by atoms with van der Waals surface area (Å²) in [5.41, 5.74) is 0. The Balaban J connectivity index is 1.83. The Kier molecular flexibility index (Phi) is 4.70. The van der Waals surface area contributed by atoms with Crippen LogP contribution >= 0.6 is 0 Å². The molecule has 0 aliphatic carbocycles. The minimum absolute atomic E-state index is 0.0501. The molecule has 1 saturated heterocycles. The van der Waals surface area contributed by atoms with Gasteiger partial charge in [0.05, 0.1) is 19.3 Å². The third-order valence-electron chi connectivity index (χ3n) is 3.22. The quantitative estimate of drug-likeness (QED) is 0.629. The zero-order valence-electron chi connectivity index (χ0n) is 11.2. The van der Waals surface area contributed by atoms with Gasteiger partial charge in [0, 0.05) is 25.7 Å². The minimum atomic E-state index is -0.673. The fourth-order valence-corrected chi connectivity index (χ4v) is 2.02. The molecule has 0 spiro atoms. The van der Waals surface area contributed by atoms with Crippen molar-refractivity contribution in [2.45, 2.75) is 13.0 Å². The van der Waals surface area contributed by atoms with Crippen LogP contribution in [-0.4, -0.2) is 54.6 Å². The van der Waals surface area contributed by atoms with Gasteiger partial charge in [-0.3, -0.25) is 19.8 Å². The van der Waals surface area contributed by atoms with Gasteiger partial charge in [0.15, 0.2) is 5.76 Å². The van der Waals surface area contributed by atoms with Crippen molar-refractivity contribution in [1.29, 1.82) is 0 Å². The summed E-state index contributed by atoms with van der Waals surface area (Å²) in [7, 11) is 0. The van der Waals surface area contributed by atoms with Gasteiger partial charge in [-0.05, 0) is 13.0 Å². The van der Waals surface area contributed by atoms with Gasteiger partial charge < -0.3 is 14.5 Å². The van der Waals surface area contributed by atoms with E-state index in [2.05, 4.69) is 10.2 Å². The molecule has 1 atom stereocenters. The summed E-state index contributed by atoms with van der Waals surface area (Å²) in [6, 6.07) is 2.64. The van der Waals surface area contributed by atoms with Crippen LogP contribution in [0, 0.1) is 10.1 Å². The third kappa shape index (κ3) is 3.55. The van der Waals surface area contributed by atoms with Crippen molar-refractivity contribution in [3.05, 3.63) is 28.0 Å². The van der Waals surface area contributed by atoms with Crippen molar-refractivity contribution in [2.75, 3.05) is 32.8 Å². The number of rotatable bonds is 5. The first-order chi connectivity index (χ1) is 9.58. The fourth-order valence-electron chi connectivity index (χ4n) is 2.02. The molecule has 0 saturated carbocycles. The smallest absolute Gasteiger partial charge is 0.395 e. The van der Waals surface area contributed by atoms with Crippen LogP contribution in [-0.2, 0) is 4.74 Å². The minimum Gasteiger partial charge on any atom is -0.395 e. The van der Waals surface area contributed by atoms with Gasteiger partial charge in [-0.25, -0.2) is 0 Å². The molecule has 1 unspecified atom stereocenters. The molecule has 0 radical (unpaired) electrons. The van der Waals surface area contributed by atoms with E-state index in [0.717, 1.165) is 13.1 Å². The van der Waals surface area contributed by atoms with Gasteiger partial charge in [0.2, 0.25) is 0 Å². The van der Waals surface area contributed by atoms with Crippen molar-refractivity contribution in [3.63, 3.8) is 0 Å². The summed E-state index contributed by atoms with van der Waals surface area (Å²) in [5.74, 6) is -0.930. The highest BCUT2D eigenvalue weighted by Gasteiger charge is 2.20. The molecular formula is C12H17N3O5. The number of carbonyl (C=O) groups excluding carboxylic acids is 1. The summed E-state index contributed by atoms with van der Waals surface area (Å²) in [4.78, 5) is 23.8. The molecule has 1 aliphatic rings. The Bertz CT molecular complexity index is 481. The van der Waals surface area contributed by atoms with Crippen LogP contribution in [0.1, 0.15) is 17.5 Å². The lowest BCUT2D eigenvalue weighted by Gasteiger charge is -2.32. The van der Waals surface area contributed by atoms with E-state index in [0.29, 0.717) is 19.8 Å². The molecule has 1 aromatic heterocycles. The average Bonchev–Trinajstić information content (AvgIpc) is 2.95. The highest BCUT2D eigenvalue weighted by Crippen LogP contribution is 2.15. The van der Waals surface area contributed by atoms with E-state index in [4.69, 9.17) is 9.15 Å². The molecule has 8 nitrogen and oxygen atoms in total. The summed E-state index contributed by atoms with van der Waals surface area (Å²) in [6.07, 6.45) is 0. The zero-order chi connectivity index (χ0) is 14.5. The van der Waals surface area contributed by atoms with Gasteiger partial charge in [0.25, 0.3) is 5.91 Å². The maximum atomic E-state index is 11.8. The van der Waals surface area contributed by atoms with Gasteiger partial charge >= 0.3 is 5.88 Å². The molecule has 20 heavy (non-hydrogen) atoms. The molecule has 1 N–H and O–H groups in total. The van der Waals surface area contributed by atoms with E-state index in [9.17, 15) is 14.9 Å². The molecule has 1 fully saturated rings. The first kappa shape index (κ1) is 14.5. The average molecular weight is 283 g/mol. The monoisotopic (exact) mass is 283 g/mol. The van der Waals surface area contributed by atoms with Gasteiger partial charge in [-0.2, -0.15) is 0 Å². The lowest BCUT2D eigenvalue weighted by Crippen LogP contribution is -2.47. The molecule has 1 amide bonds. The molecular weight excluding hydrogens is 266 g/mol. The van der Waals surface area contributed by atoms with Crippen LogP contribution in [0.2, 0.25) is 0 Å². The summed E-state index contributed by atoms with van der Waals surface area (Å²) >= 11 is 0. The lowest BCUT2D eigenvalue weighted by molar-refractivity contribution is -0.402. The maximum Gasteiger partial charge on any atom is 0.433 e. The highest BCUT2D eigenvalue weighted by molar-refractivity contribution is 5.91. The molecule has 0 aromatic carbocycles. The second-order valence-corrected chi connectivity index (χ2v) is 4.60. The predicted molar refractivity (Wildman–Crippen MR) is 69.5 cm³/mol. The number of nitrogens with one attached hydrogen (secondary N) is 1. The van der Waals surface area contributed by atoms with Crippen LogP contribution in [0.25, 0.3) is 0 Å². The SMILES string of the molecule is CC(CNC(=O)c1ccc([N+](=O)[O-])o1)N1CCOCC1. The normalized spacial score (nSPS) is 17.6. The number of furan rings is 1. The standard InChI is InChI=1S/C12H17N3O5/c1-9(14-4-6-19-7-5-14)8-13-12(16)10-2-3-11(20-10)15(17)18/h2-3,9H,4-8H2,1H3,(H,13,16). The molecule has 0 bridgehead atoms. The van der Waals surface area contributed by atoms with Crippen LogP contribution in [0.15, 0.2) is 16.5 Å². The third-order valence-corrected chi connectivity index (χ3v) is 3.22. The van der Waals surface area contributed by atoms with E-state index in [-0.39, 0.29) is 11.8 Å². The van der Waals surface area contributed by atoms with Crippen molar-refractivity contribution in [2.24, 2.45) is 0 Å². The Morgan fingerprint density at radius 2 is 2.20 bits per heavy atom. The number of hydrogen-bond acceptors (Lipinski definition) is 6. The van der Waals surface area contributed by atoms with E-state index < -0.39 is 16.7 Å². The van der Waals surface area contributed by atoms with Crippen LogP contribution in [0.3, 0.4) is 0 Å². The number of hydrogen-bond donors (Lipinski definition) is 1. The Labute approximate surface area is 115 Å². The van der Waals surface area contributed by atoms with E-state index in [1.165, 1.54) is 12.1 Å². The molecule has 2 heterocycles. The van der Waals surface area contributed by atoms with Crippen molar-refractivity contribution < 1.29 is 18.9 Å². The molecule has 1 aliphatic heterocycles. The number of nitro groups is 1. The maximum absolute atomic E-state index is 11.8. The first-order valence-electron chi connectivity index (χ1n) is 6.42. The van der Waals surface area contributed by atoms with Crippen LogP contribution in [0.4, 0.5) is 5.88 Å². The topological polar surface area (TPSA) is 97.8 Å². The van der Waals surface area contributed by atoms with Crippen molar-refractivity contribution >= 4 is 11.8 Å². The van der Waals surface area contributed by atoms with Crippen molar-refractivity contribution in [1.82, 2.24) is 10.2 Å². The van der Waals surface area contributed by atoms with E-state index >= 15 is 0 Å². The van der Waals surface area contributed by atoms with E-state index in [1.807, 2.05) is 6.92 Å². The number of ether oxygens (including phenoxy) is 1.